The molecule has 2 unspecified atom stereocenters. The molecule has 3 rings (SSSR count). The number of imidazole rings is 1. The molecule has 0 radical (unpaired) electrons. The molecule has 2 aromatic rings. The van der Waals surface area contributed by atoms with E-state index in [0.717, 1.165) is 25.3 Å². The van der Waals surface area contributed by atoms with Crippen LogP contribution in [-0.4, -0.2) is 9.55 Å². The van der Waals surface area contributed by atoms with Gasteiger partial charge in [0.05, 0.1) is 5.52 Å². The molecule has 2 atom stereocenters. The zero-order valence-corrected chi connectivity index (χ0v) is 10.2. The first kappa shape index (κ1) is 11.4. The molecule has 5 heteroatoms. The minimum Gasteiger partial charge on any atom is -0.369 e. The van der Waals surface area contributed by atoms with Crippen molar-refractivity contribution in [1.82, 2.24) is 9.55 Å². The number of halogens is 2. The third kappa shape index (κ3) is 1.65. The highest BCUT2D eigenvalue weighted by atomic mass is 19.1. The van der Waals surface area contributed by atoms with Crippen LogP contribution in [0.4, 0.5) is 14.7 Å². The van der Waals surface area contributed by atoms with E-state index in [1.165, 1.54) is 6.07 Å². The van der Waals surface area contributed by atoms with Crippen LogP contribution in [0.15, 0.2) is 12.1 Å². The first-order valence-electron chi connectivity index (χ1n) is 6.24. The van der Waals surface area contributed by atoms with E-state index in [9.17, 15) is 8.78 Å². The van der Waals surface area contributed by atoms with E-state index in [4.69, 9.17) is 5.73 Å². The van der Waals surface area contributed by atoms with E-state index >= 15 is 0 Å². The number of benzene rings is 1. The summed E-state index contributed by atoms with van der Waals surface area (Å²) in [5, 5.41) is 0. The molecule has 1 saturated carbocycles. The normalized spacial score (nSPS) is 22.6. The van der Waals surface area contributed by atoms with Crippen molar-refractivity contribution >= 4 is 17.0 Å². The minimum absolute atomic E-state index is 0.163. The fourth-order valence-corrected chi connectivity index (χ4v) is 2.72. The Bertz CT molecular complexity index is 606. The summed E-state index contributed by atoms with van der Waals surface area (Å²) in [7, 11) is 0. The maximum atomic E-state index is 13.6. The number of anilines is 1. The van der Waals surface area contributed by atoms with E-state index in [-0.39, 0.29) is 17.5 Å². The van der Waals surface area contributed by atoms with E-state index in [0.29, 0.717) is 11.4 Å². The van der Waals surface area contributed by atoms with E-state index in [2.05, 4.69) is 11.9 Å². The van der Waals surface area contributed by atoms with Gasteiger partial charge in [0.2, 0.25) is 5.95 Å². The molecule has 1 fully saturated rings. The van der Waals surface area contributed by atoms with E-state index in [1.54, 1.807) is 4.57 Å². The second kappa shape index (κ2) is 3.93. The number of nitrogen functional groups attached to an aromatic ring is 1. The number of fused-ring (bicyclic) bond motifs is 1. The molecular formula is C13H15F2N3. The van der Waals surface area contributed by atoms with Crippen molar-refractivity contribution in [3.8, 4) is 0 Å². The molecule has 0 amide bonds. The van der Waals surface area contributed by atoms with Gasteiger partial charge in [0.15, 0.2) is 5.82 Å². The van der Waals surface area contributed by atoms with Crippen molar-refractivity contribution in [2.24, 2.45) is 5.92 Å². The lowest BCUT2D eigenvalue weighted by atomic mass is 10.2. The standard InChI is InChI=1S/C13H15F2N3/c1-2-3-7-4-10(7)18-11-6-8(14)5-9(15)12(11)17-13(18)16/h5-7,10H,2-4H2,1H3,(H2,16,17). The Morgan fingerprint density at radius 1 is 1.44 bits per heavy atom. The van der Waals surface area contributed by atoms with Gasteiger partial charge in [-0.05, 0) is 18.8 Å². The van der Waals surface area contributed by atoms with Crippen molar-refractivity contribution in [2.45, 2.75) is 32.2 Å². The van der Waals surface area contributed by atoms with Gasteiger partial charge in [-0.1, -0.05) is 13.3 Å². The van der Waals surface area contributed by atoms with Gasteiger partial charge in [-0.2, -0.15) is 0 Å². The van der Waals surface area contributed by atoms with Gasteiger partial charge < -0.3 is 10.3 Å². The van der Waals surface area contributed by atoms with Crippen LogP contribution in [0.25, 0.3) is 11.0 Å². The second-order valence-electron chi connectivity index (χ2n) is 4.95. The molecule has 18 heavy (non-hydrogen) atoms. The minimum atomic E-state index is -0.650. The lowest BCUT2D eigenvalue weighted by Gasteiger charge is -2.05. The van der Waals surface area contributed by atoms with Gasteiger partial charge in [0.1, 0.15) is 11.3 Å². The number of rotatable bonds is 3. The van der Waals surface area contributed by atoms with Crippen LogP contribution in [0.1, 0.15) is 32.2 Å². The molecule has 0 saturated heterocycles. The highest BCUT2D eigenvalue weighted by molar-refractivity contribution is 5.79. The van der Waals surface area contributed by atoms with Gasteiger partial charge in [0.25, 0.3) is 0 Å². The fourth-order valence-electron chi connectivity index (χ4n) is 2.72. The Morgan fingerprint density at radius 3 is 2.94 bits per heavy atom. The second-order valence-corrected chi connectivity index (χ2v) is 4.95. The van der Waals surface area contributed by atoms with E-state index in [1.807, 2.05) is 0 Å². The predicted octanol–water partition coefficient (Wildman–Crippen LogP) is 3.26. The molecule has 1 aliphatic rings. The summed E-state index contributed by atoms with van der Waals surface area (Å²) in [6, 6.07) is 2.40. The van der Waals surface area contributed by atoms with Gasteiger partial charge in [0, 0.05) is 18.2 Å². The van der Waals surface area contributed by atoms with Crippen molar-refractivity contribution < 1.29 is 8.78 Å². The lowest BCUT2D eigenvalue weighted by molar-refractivity contribution is 0.588. The molecule has 1 aromatic carbocycles. The van der Waals surface area contributed by atoms with E-state index < -0.39 is 11.6 Å². The first-order valence-corrected chi connectivity index (χ1v) is 6.24. The number of aromatic nitrogens is 2. The van der Waals surface area contributed by atoms with Crippen LogP contribution in [0.5, 0.6) is 0 Å². The molecule has 1 heterocycles. The zero-order chi connectivity index (χ0) is 12.9. The van der Waals surface area contributed by atoms with Crippen LogP contribution >= 0.6 is 0 Å². The van der Waals surface area contributed by atoms with Crippen LogP contribution in [0.3, 0.4) is 0 Å². The fraction of sp³-hybridized carbons (Fsp3) is 0.462. The average molecular weight is 251 g/mol. The molecule has 1 aliphatic carbocycles. The summed E-state index contributed by atoms with van der Waals surface area (Å²) in [6.07, 6.45) is 3.24. The highest BCUT2D eigenvalue weighted by Crippen LogP contribution is 2.49. The van der Waals surface area contributed by atoms with Gasteiger partial charge in [-0.3, -0.25) is 0 Å². The highest BCUT2D eigenvalue weighted by Gasteiger charge is 2.39. The summed E-state index contributed by atoms with van der Waals surface area (Å²) in [6.45, 7) is 2.13. The summed E-state index contributed by atoms with van der Waals surface area (Å²) >= 11 is 0. The maximum Gasteiger partial charge on any atom is 0.201 e. The molecule has 96 valence electrons. The van der Waals surface area contributed by atoms with Crippen LogP contribution in [-0.2, 0) is 0 Å². The third-order valence-electron chi connectivity index (χ3n) is 3.62. The number of hydrogen-bond acceptors (Lipinski definition) is 2. The molecular weight excluding hydrogens is 236 g/mol. The molecule has 2 N–H and O–H groups in total. The van der Waals surface area contributed by atoms with Crippen molar-refractivity contribution in [2.75, 3.05) is 5.73 Å². The smallest absolute Gasteiger partial charge is 0.201 e. The Labute approximate surface area is 104 Å². The van der Waals surface area contributed by atoms with Crippen molar-refractivity contribution in [1.29, 1.82) is 0 Å². The summed E-state index contributed by atoms with van der Waals surface area (Å²) in [5.74, 6) is -0.406. The predicted molar refractivity (Wildman–Crippen MR) is 66.1 cm³/mol. The van der Waals surface area contributed by atoms with Gasteiger partial charge >= 0.3 is 0 Å². The Morgan fingerprint density at radius 2 is 2.22 bits per heavy atom. The summed E-state index contributed by atoms with van der Waals surface area (Å²) in [5.41, 5.74) is 6.46. The largest absolute Gasteiger partial charge is 0.369 e. The number of nitrogens with two attached hydrogens (primary N) is 1. The lowest BCUT2D eigenvalue weighted by Crippen LogP contribution is -2.02. The van der Waals surface area contributed by atoms with Crippen LogP contribution in [0.2, 0.25) is 0 Å². The Kier molecular flexibility index (Phi) is 2.50. The van der Waals surface area contributed by atoms with Gasteiger partial charge in [-0.25, -0.2) is 13.8 Å². The van der Waals surface area contributed by atoms with Crippen LogP contribution < -0.4 is 5.73 Å². The summed E-state index contributed by atoms with van der Waals surface area (Å²) < 4.78 is 28.7. The van der Waals surface area contributed by atoms with Gasteiger partial charge in [-0.15, -0.1) is 0 Å². The molecule has 0 spiro atoms. The number of nitrogens with zero attached hydrogens (tertiary/aromatic N) is 2. The molecule has 0 aliphatic heterocycles. The summed E-state index contributed by atoms with van der Waals surface area (Å²) in [4.78, 5) is 4.01. The van der Waals surface area contributed by atoms with Crippen LogP contribution in [0, 0.1) is 17.6 Å². The number of hydrogen-bond donors (Lipinski definition) is 1. The zero-order valence-electron chi connectivity index (χ0n) is 10.2. The molecule has 3 nitrogen and oxygen atoms in total. The third-order valence-corrected chi connectivity index (χ3v) is 3.62. The molecule has 0 bridgehead atoms. The molecule has 1 aromatic heterocycles. The topological polar surface area (TPSA) is 43.8 Å². The first-order chi connectivity index (χ1) is 8.61. The quantitative estimate of drug-likeness (QED) is 0.909. The monoisotopic (exact) mass is 251 g/mol. The average Bonchev–Trinajstić information content (AvgIpc) is 2.95. The Hall–Kier alpha value is -1.65. The SMILES string of the molecule is CCCC1CC1n1c(N)nc2c(F)cc(F)cc21. The van der Waals surface area contributed by atoms with Crippen molar-refractivity contribution in [3.05, 3.63) is 23.8 Å². The Balaban J connectivity index is 2.09. The maximum absolute atomic E-state index is 13.6. The van der Waals surface area contributed by atoms with Crippen molar-refractivity contribution in [3.63, 3.8) is 0 Å².